The average molecular weight is 262 g/mol. The predicted molar refractivity (Wildman–Crippen MR) is 73.2 cm³/mol. The molecule has 0 radical (unpaired) electrons. The molecule has 0 aromatic heterocycles. The van der Waals surface area contributed by atoms with E-state index in [0.29, 0.717) is 6.61 Å². The largest absolute Gasteiger partial charge is 0.493 e. The summed E-state index contributed by atoms with van der Waals surface area (Å²) in [5.74, 6) is 1.02. The van der Waals surface area contributed by atoms with Crippen molar-refractivity contribution in [2.45, 2.75) is 50.7 Å². The van der Waals surface area contributed by atoms with Gasteiger partial charge in [0.2, 0.25) is 0 Å². The van der Waals surface area contributed by atoms with Crippen LogP contribution in [-0.4, -0.2) is 22.9 Å². The van der Waals surface area contributed by atoms with Crippen LogP contribution in [0.25, 0.3) is 0 Å². The van der Waals surface area contributed by atoms with E-state index >= 15 is 0 Å². The minimum atomic E-state index is -0.823. The first kappa shape index (κ1) is 12.9. The third-order valence-electron chi connectivity index (χ3n) is 4.52. The SMILES string of the molecule is OC(c1cccc2c1OCC2)C(O)C1CCCCC1. The fourth-order valence-corrected chi connectivity index (χ4v) is 3.39. The molecule has 104 valence electrons. The van der Waals surface area contributed by atoms with Crippen molar-refractivity contribution >= 4 is 0 Å². The van der Waals surface area contributed by atoms with E-state index in [1.54, 1.807) is 0 Å². The van der Waals surface area contributed by atoms with Crippen molar-refractivity contribution in [1.82, 2.24) is 0 Å². The first-order chi connectivity index (χ1) is 9.27. The molecule has 1 aromatic rings. The zero-order chi connectivity index (χ0) is 13.2. The molecule has 1 heterocycles. The Balaban J connectivity index is 1.79. The fraction of sp³-hybridized carbons (Fsp3) is 0.625. The molecule has 1 aliphatic carbocycles. The molecule has 0 amide bonds. The summed E-state index contributed by atoms with van der Waals surface area (Å²) in [6, 6.07) is 5.85. The van der Waals surface area contributed by atoms with Gasteiger partial charge < -0.3 is 14.9 Å². The van der Waals surface area contributed by atoms with E-state index < -0.39 is 12.2 Å². The van der Waals surface area contributed by atoms with Gasteiger partial charge in [-0.3, -0.25) is 0 Å². The zero-order valence-electron chi connectivity index (χ0n) is 11.2. The van der Waals surface area contributed by atoms with Crippen molar-refractivity contribution in [2.75, 3.05) is 6.61 Å². The first-order valence-corrected chi connectivity index (χ1v) is 7.38. The van der Waals surface area contributed by atoms with Crippen LogP contribution in [0.3, 0.4) is 0 Å². The molecule has 3 nitrogen and oxygen atoms in total. The lowest BCUT2D eigenvalue weighted by Gasteiger charge is -2.30. The minimum Gasteiger partial charge on any atom is -0.493 e. The number of aliphatic hydroxyl groups is 2. The van der Waals surface area contributed by atoms with Gasteiger partial charge in [0.1, 0.15) is 11.9 Å². The van der Waals surface area contributed by atoms with Crippen molar-refractivity contribution in [1.29, 1.82) is 0 Å². The molecule has 3 heteroatoms. The summed E-state index contributed by atoms with van der Waals surface area (Å²) in [7, 11) is 0. The van der Waals surface area contributed by atoms with E-state index in [4.69, 9.17) is 4.74 Å². The van der Waals surface area contributed by atoms with Crippen LogP contribution >= 0.6 is 0 Å². The van der Waals surface area contributed by atoms with Gasteiger partial charge >= 0.3 is 0 Å². The van der Waals surface area contributed by atoms with E-state index in [9.17, 15) is 10.2 Å². The molecular weight excluding hydrogens is 240 g/mol. The Morgan fingerprint density at radius 3 is 2.68 bits per heavy atom. The second-order valence-electron chi connectivity index (χ2n) is 5.77. The van der Waals surface area contributed by atoms with E-state index in [-0.39, 0.29) is 5.92 Å². The number of fused-ring (bicyclic) bond motifs is 1. The number of aliphatic hydroxyl groups excluding tert-OH is 2. The second-order valence-corrected chi connectivity index (χ2v) is 5.77. The van der Waals surface area contributed by atoms with E-state index in [0.717, 1.165) is 49.0 Å². The Kier molecular flexibility index (Phi) is 3.76. The highest BCUT2D eigenvalue weighted by atomic mass is 16.5. The third kappa shape index (κ3) is 2.49. The van der Waals surface area contributed by atoms with Gasteiger partial charge in [0, 0.05) is 12.0 Å². The summed E-state index contributed by atoms with van der Waals surface area (Å²) >= 11 is 0. The topological polar surface area (TPSA) is 49.7 Å². The maximum Gasteiger partial charge on any atom is 0.128 e. The highest BCUT2D eigenvalue weighted by Gasteiger charge is 2.31. The van der Waals surface area contributed by atoms with Gasteiger partial charge in [-0.1, -0.05) is 37.5 Å². The maximum atomic E-state index is 10.5. The molecule has 1 aliphatic heterocycles. The smallest absolute Gasteiger partial charge is 0.128 e. The minimum absolute atomic E-state index is 0.223. The molecule has 2 atom stereocenters. The van der Waals surface area contributed by atoms with E-state index in [1.807, 2.05) is 18.2 Å². The molecule has 2 unspecified atom stereocenters. The number of benzene rings is 1. The van der Waals surface area contributed by atoms with Crippen LogP contribution in [0.2, 0.25) is 0 Å². The Labute approximate surface area is 114 Å². The summed E-state index contributed by atoms with van der Waals surface area (Å²) in [4.78, 5) is 0. The van der Waals surface area contributed by atoms with Gasteiger partial charge in [0.05, 0.1) is 12.7 Å². The van der Waals surface area contributed by atoms with Gasteiger partial charge in [0.25, 0.3) is 0 Å². The molecule has 0 bridgehead atoms. The van der Waals surface area contributed by atoms with Crippen LogP contribution in [0, 0.1) is 5.92 Å². The monoisotopic (exact) mass is 262 g/mol. The number of rotatable bonds is 3. The number of hydrogen-bond acceptors (Lipinski definition) is 3. The van der Waals surface area contributed by atoms with Crippen LogP contribution in [0.15, 0.2) is 18.2 Å². The lowest BCUT2D eigenvalue weighted by atomic mass is 9.82. The Morgan fingerprint density at radius 2 is 1.89 bits per heavy atom. The van der Waals surface area contributed by atoms with Crippen molar-refractivity contribution in [3.63, 3.8) is 0 Å². The Morgan fingerprint density at radius 1 is 1.11 bits per heavy atom. The number of hydrogen-bond donors (Lipinski definition) is 2. The van der Waals surface area contributed by atoms with Crippen LogP contribution in [0.4, 0.5) is 0 Å². The van der Waals surface area contributed by atoms with Crippen molar-refractivity contribution in [2.24, 2.45) is 5.92 Å². The predicted octanol–water partition coefficient (Wildman–Crippen LogP) is 2.60. The zero-order valence-corrected chi connectivity index (χ0v) is 11.2. The molecule has 1 aromatic carbocycles. The first-order valence-electron chi connectivity index (χ1n) is 7.38. The second kappa shape index (κ2) is 5.51. The lowest BCUT2D eigenvalue weighted by Crippen LogP contribution is -2.29. The van der Waals surface area contributed by atoms with Crippen LogP contribution in [0.5, 0.6) is 5.75 Å². The standard InChI is InChI=1S/C16H22O3/c17-14(11-5-2-1-3-6-11)15(18)13-8-4-7-12-9-10-19-16(12)13/h4,7-8,11,14-15,17-18H,1-3,5-6,9-10H2. The van der Waals surface area contributed by atoms with Crippen molar-refractivity contribution in [3.8, 4) is 5.75 Å². The molecule has 3 rings (SSSR count). The summed E-state index contributed by atoms with van der Waals surface area (Å²) in [6.07, 6.45) is 5.03. The quantitative estimate of drug-likeness (QED) is 0.880. The van der Waals surface area contributed by atoms with Gasteiger partial charge in [0.15, 0.2) is 0 Å². The third-order valence-corrected chi connectivity index (χ3v) is 4.52. The van der Waals surface area contributed by atoms with Crippen LogP contribution in [0.1, 0.15) is 49.3 Å². The van der Waals surface area contributed by atoms with Crippen molar-refractivity contribution < 1.29 is 14.9 Å². The Bertz CT molecular complexity index is 438. The van der Waals surface area contributed by atoms with Crippen molar-refractivity contribution in [3.05, 3.63) is 29.3 Å². The fourth-order valence-electron chi connectivity index (χ4n) is 3.39. The van der Waals surface area contributed by atoms with Crippen LogP contribution in [-0.2, 0) is 6.42 Å². The number of ether oxygens (including phenoxy) is 1. The molecule has 1 fully saturated rings. The van der Waals surface area contributed by atoms with Gasteiger partial charge in [-0.05, 0) is 24.3 Å². The average Bonchev–Trinajstić information content (AvgIpc) is 2.95. The summed E-state index contributed by atoms with van der Waals surface area (Å²) < 4.78 is 5.62. The maximum absolute atomic E-state index is 10.5. The lowest BCUT2D eigenvalue weighted by molar-refractivity contribution is -0.0294. The van der Waals surface area contributed by atoms with E-state index in [2.05, 4.69) is 0 Å². The molecular formula is C16H22O3. The molecule has 19 heavy (non-hydrogen) atoms. The van der Waals surface area contributed by atoms with Crippen LogP contribution < -0.4 is 4.74 Å². The normalized spacial score (nSPS) is 22.6. The highest BCUT2D eigenvalue weighted by Crippen LogP contribution is 2.38. The number of para-hydroxylation sites is 1. The molecule has 2 N–H and O–H groups in total. The van der Waals surface area contributed by atoms with Gasteiger partial charge in [-0.25, -0.2) is 0 Å². The highest BCUT2D eigenvalue weighted by molar-refractivity contribution is 5.45. The molecule has 0 saturated heterocycles. The summed E-state index contributed by atoms with van der Waals surface area (Å²) in [6.45, 7) is 0.679. The summed E-state index contributed by atoms with van der Waals surface area (Å²) in [5, 5.41) is 20.9. The van der Waals surface area contributed by atoms with Gasteiger partial charge in [-0.2, -0.15) is 0 Å². The molecule has 1 saturated carbocycles. The Hall–Kier alpha value is -1.06. The van der Waals surface area contributed by atoms with Gasteiger partial charge in [-0.15, -0.1) is 0 Å². The molecule has 2 aliphatic rings. The van der Waals surface area contributed by atoms with E-state index in [1.165, 1.54) is 6.42 Å². The summed E-state index contributed by atoms with van der Waals surface area (Å²) in [5.41, 5.74) is 1.90. The molecule has 0 spiro atoms.